The summed E-state index contributed by atoms with van der Waals surface area (Å²) in [5.41, 5.74) is 4.03. The summed E-state index contributed by atoms with van der Waals surface area (Å²) in [7, 11) is 0. The van der Waals surface area contributed by atoms with Crippen LogP contribution in [0.1, 0.15) is 69.3 Å². The Morgan fingerprint density at radius 2 is 1.67 bits per heavy atom. The van der Waals surface area contributed by atoms with E-state index in [0.717, 1.165) is 45.4 Å². The van der Waals surface area contributed by atoms with Crippen LogP contribution in [0.3, 0.4) is 0 Å². The average Bonchev–Trinajstić information content (AvgIpc) is 3.44. The van der Waals surface area contributed by atoms with Crippen molar-refractivity contribution in [3.05, 3.63) is 124 Å². The third kappa shape index (κ3) is 7.03. The van der Waals surface area contributed by atoms with Crippen molar-refractivity contribution in [3.8, 4) is 0 Å². The fourth-order valence-corrected chi connectivity index (χ4v) is 8.29. The SMILES string of the molecule is CCOC(=O)c1c(NC(=O)C(CC)Sc2cccc(NC(=O)c3ccc4ccccc4c3)c2)sc2c1CCC(c1ccccc1)C2. The van der Waals surface area contributed by atoms with Crippen molar-refractivity contribution in [1.82, 2.24) is 0 Å². The first-order valence-electron chi connectivity index (χ1n) is 15.7. The third-order valence-corrected chi connectivity index (χ3v) is 10.8. The van der Waals surface area contributed by atoms with Crippen LogP contribution in [0.4, 0.5) is 10.7 Å². The minimum absolute atomic E-state index is 0.165. The van der Waals surface area contributed by atoms with Crippen LogP contribution >= 0.6 is 23.1 Å². The first kappa shape index (κ1) is 31.6. The normalized spacial score (nSPS) is 14.7. The number of thioether (sulfide) groups is 1. The molecule has 234 valence electrons. The fourth-order valence-electron chi connectivity index (χ4n) is 5.96. The number of esters is 1. The molecular weight excluding hydrogens is 613 g/mol. The molecule has 0 saturated heterocycles. The highest BCUT2D eigenvalue weighted by molar-refractivity contribution is 8.00. The largest absolute Gasteiger partial charge is 0.462 e. The molecule has 0 saturated carbocycles. The van der Waals surface area contributed by atoms with Gasteiger partial charge in [-0.25, -0.2) is 4.79 Å². The van der Waals surface area contributed by atoms with Gasteiger partial charge in [-0.15, -0.1) is 23.1 Å². The second-order valence-electron chi connectivity index (χ2n) is 11.3. The van der Waals surface area contributed by atoms with Crippen LogP contribution in [0.2, 0.25) is 0 Å². The van der Waals surface area contributed by atoms with Gasteiger partial charge in [0.05, 0.1) is 17.4 Å². The van der Waals surface area contributed by atoms with Crippen molar-refractivity contribution in [1.29, 1.82) is 0 Å². The van der Waals surface area contributed by atoms with Crippen molar-refractivity contribution >= 4 is 62.3 Å². The zero-order chi connectivity index (χ0) is 32.0. The molecule has 0 aliphatic heterocycles. The standard InChI is InChI=1S/C38H36N2O4S2/c1-3-32(45-30-16-10-15-29(23-30)39-35(41)28-18-17-25-13-8-9-14-26(25)21-28)36(42)40-37-34(38(43)44-4-2)31-20-19-27(22-33(31)46-37)24-11-6-5-7-12-24/h5-18,21,23,27,32H,3-4,19-20,22H2,1-2H3,(H,39,41)(H,40,42). The third-order valence-electron chi connectivity index (χ3n) is 8.30. The highest BCUT2D eigenvalue weighted by Gasteiger charge is 2.32. The van der Waals surface area contributed by atoms with Crippen LogP contribution in [0.5, 0.6) is 0 Å². The van der Waals surface area contributed by atoms with Crippen LogP contribution in [0, 0.1) is 0 Å². The maximum Gasteiger partial charge on any atom is 0.341 e. The zero-order valence-electron chi connectivity index (χ0n) is 25.9. The van der Waals surface area contributed by atoms with E-state index in [-0.39, 0.29) is 24.4 Å². The number of fused-ring (bicyclic) bond motifs is 2. The number of anilines is 2. The maximum absolute atomic E-state index is 13.7. The Kier molecular flexibility index (Phi) is 9.85. The number of benzene rings is 4. The van der Waals surface area contributed by atoms with Gasteiger partial charge in [0, 0.05) is 21.0 Å². The van der Waals surface area contributed by atoms with Gasteiger partial charge in [-0.05, 0) is 90.8 Å². The van der Waals surface area contributed by atoms with Crippen LogP contribution in [0.15, 0.2) is 102 Å². The lowest BCUT2D eigenvalue weighted by Crippen LogP contribution is -2.25. The number of carbonyl (C=O) groups excluding carboxylic acids is 3. The molecule has 5 aromatic rings. The number of rotatable bonds is 10. The van der Waals surface area contributed by atoms with Crippen LogP contribution < -0.4 is 10.6 Å². The van der Waals surface area contributed by atoms with Gasteiger partial charge in [0.2, 0.25) is 5.91 Å². The summed E-state index contributed by atoms with van der Waals surface area (Å²) in [6, 6.07) is 31.6. The van der Waals surface area contributed by atoms with Crippen molar-refractivity contribution in [2.24, 2.45) is 0 Å². The predicted octanol–water partition coefficient (Wildman–Crippen LogP) is 9.11. The van der Waals surface area contributed by atoms with Gasteiger partial charge in [-0.3, -0.25) is 9.59 Å². The van der Waals surface area contributed by atoms with E-state index in [1.165, 1.54) is 28.7 Å². The topological polar surface area (TPSA) is 84.5 Å². The van der Waals surface area contributed by atoms with Crippen LogP contribution in [0.25, 0.3) is 10.8 Å². The van der Waals surface area contributed by atoms with E-state index in [4.69, 9.17) is 4.74 Å². The van der Waals surface area contributed by atoms with Gasteiger partial charge >= 0.3 is 5.97 Å². The van der Waals surface area contributed by atoms with Gasteiger partial charge in [0.1, 0.15) is 5.00 Å². The summed E-state index contributed by atoms with van der Waals surface area (Å²) in [6.07, 6.45) is 3.11. The summed E-state index contributed by atoms with van der Waals surface area (Å²) in [5.74, 6) is -0.370. The smallest absolute Gasteiger partial charge is 0.341 e. The molecule has 1 aliphatic carbocycles. The molecule has 1 aromatic heterocycles. The molecule has 8 heteroatoms. The molecule has 4 aromatic carbocycles. The quantitative estimate of drug-likeness (QED) is 0.117. The van der Waals surface area contributed by atoms with Crippen LogP contribution in [-0.4, -0.2) is 29.6 Å². The molecule has 0 spiro atoms. The van der Waals surface area contributed by atoms with Crippen molar-refractivity contribution in [2.75, 3.05) is 17.2 Å². The molecule has 6 rings (SSSR count). The first-order valence-corrected chi connectivity index (χ1v) is 17.4. The van der Waals surface area contributed by atoms with Gasteiger partial charge in [0.25, 0.3) is 5.91 Å². The van der Waals surface area contributed by atoms with E-state index >= 15 is 0 Å². The molecule has 2 unspecified atom stereocenters. The van der Waals surface area contributed by atoms with E-state index in [1.54, 1.807) is 6.92 Å². The second kappa shape index (κ2) is 14.4. The van der Waals surface area contributed by atoms with E-state index in [9.17, 15) is 14.4 Å². The molecule has 0 bridgehead atoms. The molecule has 1 aliphatic rings. The minimum atomic E-state index is -0.405. The number of hydrogen-bond donors (Lipinski definition) is 2. The molecule has 2 amide bonds. The Morgan fingerprint density at radius 1 is 0.891 bits per heavy atom. The Morgan fingerprint density at radius 3 is 2.46 bits per heavy atom. The molecular formula is C38H36N2O4S2. The summed E-state index contributed by atoms with van der Waals surface area (Å²) < 4.78 is 5.44. The Bertz CT molecular complexity index is 1880. The van der Waals surface area contributed by atoms with E-state index in [2.05, 4.69) is 34.9 Å². The number of amides is 2. The zero-order valence-corrected chi connectivity index (χ0v) is 27.5. The molecule has 1 heterocycles. The molecule has 0 fully saturated rings. The molecule has 46 heavy (non-hydrogen) atoms. The lowest BCUT2D eigenvalue weighted by Gasteiger charge is -2.23. The summed E-state index contributed by atoms with van der Waals surface area (Å²) >= 11 is 2.93. The maximum atomic E-state index is 13.7. The number of hydrogen-bond acceptors (Lipinski definition) is 6. The lowest BCUT2D eigenvalue weighted by atomic mass is 9.83. The van der Waals surface area contributed by atoms with Gasteiger partial charge in [-0.1, -0.05) is 73.7 Å². The highest BCUT2D eigenvalue weighted by Crippen LogP contribution is 2.43. The number of ether oxygens (including phenoxy) is 1. The summed E-state index contributed by atoms with van der Waals surface area (Å²) in [6.45, 7) is 4.03. The Hall–Kier alpha value is -4.40. The molecule has 6 nitrogen and oxygen atoms in total. The second-order valence-corrected chi connectivity index (χ2v) is 13.7. The Balaban J connectivity index is 1.16. The van der Waals surface area contributed by atoms with Crippen molar-refractivity contribution < 1.29 is 19.1 Å². The monoisotopic (exact) mass is 648 g/mol. The minimum Gasteiger partial charge on any atom is -0.462 e. The van der Waals surface area contributed by atoms with Gasteiger partial charge in [0.15, 0.2) is 0 Å². The summed E-state index contributed by atoms with van der Waals surface area (Å²) in [4.78, 5) is 41.9. The van der Waals surface area contributed by atoms with Crippen molar-refractivity contribution in [2.45, 2.75) is 55.6 Å². The van der Waals surface area contributed by atoms with Crippen LogP contribution in [-0.2, 0) is 22.4 Å². The fraction of sp³-hybridized carbons (Fsp3) is 0.237. The lowest BCUT2D eigenvalue weighted by molar-refractivity contribution is -0.115. The van der Waals surface area contributed by atoms with Gasteiger partial charge < -0.3 is 15.4 Å². The van der Waals surface area contributed by atoms with E-state index in [0.29, 0.717) is 34.2 Å². The highest BCUT2D eigenvalue weighted by atomic mass is 32.2. The number of thiophene rings is 1. The molecule has 2 atom stereocenters. The number of carbonyl (C=O) groups is 3. The average molecular weight is 649 g/mol. The van der Waals surface area contributed by atoms with E-state index < -0.39 is 5.25 Å². The first-order chi connectivity index (χ1) is 22.4. The summed E-state index contributed by atoms with van der Waals surface area (Å²) in [5, 5.41) is 8.35. The molecule has 0 radical (unpaired) electrons. The molecule has 2 N–H and O–H groups in total. The predicted molar refractivity (Wildman–Crippen MR) is 188 cm³/mol. The Labute approximate surface area is 277 Å². The number of nitrogens with one attached hydrogen (secondary N) is 2. The van der Waals surface area contributed by atoms with Crippen molar-refractivity contribution in [3.63, 3.8) is 0 Å². The van der Waals surface area contributed by atoms with E-state index in [1.807, 2.05) is 79.7 Å². The van der Waals surface area contributed by atoms with Gasteiger partial charge in [-0.2, -0.15) is 0 Å².